The van der Waals surface area contributed by atoms with Crippen molar-refractivity contribution in [2.45, 2.75) is 30.6 Å². The molecule has 1 amide bonds. The van der Waals surface area contributed by atoms with E-state index in [9.17, 15) is 13.2 Å². The molecule has 9 heteroatoms. The molecule has 3 heterocycles. The molecule has 0 N–H and O–H groups in total. The molecule has 2 aromatic rings. The summed E-state index contributed by atoms with van der Waals surface area (Å²) in [5.74, 6) is 1.58. The van der Waals surface area contributed by atoms with Crippen LogP contribution in [0.25, 0.3) is 11.3 Å². The van der Waals surface area contributed by atoms with Crippen LogP contribution < -0.4 is 0 Å². The number of fused-ring (bicyclic) bond motifs is 1. The van der Waals surface area contributed by atoms with Crippen LogP contribution in [0.15, 0.2) is 35.6 Å². The number of piperazine rings is 1. The van der Waals surface area contributed by atoms with Crippen molar-refractivity contribution in [3.05, 3.63) is 30.7 Å². The molecule has 2 aromatic heterocycles. The van der Waals surface area contributed by atoms with Gasteiger partial charge in [0.15, 0.2) is 0 Å². The van der Waals surface area contributed by atoms with Crippen molar-refractivity contribution in [1.82, 2.24) is 24.0 Å². The van der Waals surface area contributed by atoms with E-state index >= 15 is 0 Å². The van der Waals surface area contributed by atoms with Crippen molar-refractivity contribution in [3.8, 4) is 11.3 Å². The summed E-state index contributed by atoms with van der Waals surface area (Å²) in [6.45, 7) is 1.55. The zero-order chi connectivity index (χ0) is 20.9. The van der Waals surface area contributed by atoms with Crippen LogP contribution in [0.3, 0.4) is 0 Å². The number of rotatable bonds is 4. The van der Waals surface area contributed by atoms with Gasteiger partial charge in [0.2, 0.25) is 15.9 Å². The highest BCUT2D eigenvalue weighted by Gasteiger charge is 2.56. The molecular weight excluding hydrogens is 402 g/mol. The molecule has 2 saturated carbocycles. The minimum Gasteiger partial charge on any atom is -0.340 e. The van der Waals surface area contributed by atoms with Gasteiger partial charge in [0.25, 0.3) is 0 Å². The number of carbonyl (C=O) groups excluding carboxylic acids is 1. The number of aryl methyl sites for hydroxylation is 1. The lowest BCUT2D eigenvalue weighted by Gasteiger charge is -2.34. The van der Waals surface area contributed by atoms with Gasteiger partial charge in [-0.05, 0) is 36.8 Å². The smallest absolute Gasteiger partial charge is 0.246 e. The van der Waals surface area contributed by atoms with Crippen LogP contribution in [0.1, 0.15) is 25.7 Å². The van der Waals surface area contributed by atoms with Gasteiger partial charge in [-0.3, -0.25) is 14.5 Å². The second kappa shape index (κ2) is 7.46. The van der Waals surface area contributed by atoms with Crippen LogP contribution >= 0.6 is 0 Å². The van der Waals surface area contributed by atoms with Crippen molar-refractivity contribution >= 4 is 15.9 Å². The highest BCUT2D eigenvalue weighted by atomic mass is 32.2. The van der Waals surface area contributed by atoms with Crippen LogP contribution in [0, 0.1) is 17.8 Å². The lowest BCUT2D eigenvalue weighted by atomic mass is 10.0. The Morgan fingerprint density at radius 3 is 2.30 bits per heavy atom. The summed E-state index contributed by atoms with van der Waals surface area (Å²) in [6.07, 6.45) is 9.63. The van der Waals surface area contributed by atoms with E-state index in [0.29, 0.717) is 49.3 Å². The molecule has 0 spiro atoms. The van der Waals surface area contributed by atoms with Crippen molar-refractivity contribution in [2.75, 3.05) is 26.2 Å². The lowest BCUT2D eigenvalue weighted by molar-refractivity contribution is -0.134. The Kier molecular flexibility index (Phi) is 4.89. The average Bonchev–Trinajstić information content (AvgIpc) is 3.37. The number of carbonyl (C=O) groups is 1. The number of aromatic nitrogens is 3. The Morgan fingerprint density at radius 1 is 1.03 bits per heavy atom. The second-order valence-corrected chi connectivity index (χ2v) is 10.5. The molecule has 3 atom stereocenters. The van der Waals surface area contributed by atoms with Gasteiger partial charge in [-0.25, -0.2) is 8.42 Å². The van der Waals surface area contributed by atoms with Gasteiger partial charge < -0.3 is 4.90 Å². The molecular formula is C21H27N5O3S. The molecule has 3 fully saturated rings. The van der Waals surface area contributed by atoms with Gasteiger partial charge in [0.1, 0.15) is 10.6 Å². The molecule has 1 aliphatic heterocycles. The highest BCUT2D eigenvalue weighted by molar-refractivity contribution is 7.89. The van der Waals surface area contributed by atoms with E-state index in [-0.39, 0.29) is 16.7 Å². The first-order valence-corrected chi connectivity index (χ1v) is 12.1. The van der Waals surface area contributed by atoms with Crippen molar-refractivity contribution in [3.63, 3.8) is 0 Å². The minimum atomic E-state index is -3.70. The molecule has 3 aliphatic rings. The molecule has 160 valence electrons. The van der Waals surface area contributed by atoms with Gasteiger partial charge in [0.05, 0.1) is 0 Å². The third kappa shape index (κ3) is 3.33. The summed E-state index contributed by atoms with van der Waals surface area (Å²) in [6, 6.07) is 3.51. The van der Waals surface area contributed by atoms with E-state index < -0.39 is 10.0 Å². The van der Waals surface area contributed by atoms with E-state index in [1.54, 1.807) is 37.8 Å². The quantitative estimate of drug-likeness (QED) is 0.739. The molecule has 0 aromatic carbocycles. The molecule has 0 bridgehead atoms. The Bertz CT molecular complexity index is 1030. The van der Waals surface area contributed by atoms with Crippen LogP contribution in [0.4, 0.5) is 0 Å². The fourth-order valence-electron chi connectivity index (χ4n) is 5.22. The predicted octanol–water partition coefficient (Wildman–Crippen LogP) is 1.75. The number of hydrogen-bond acceptors (Lipinski definition) is 5. The Labute approximate surface area is 176 Å². The Hall–Kier alpha value is -2.26. The van der Waals surface area contributed by atoms with Gasteiger partial charge in [0, 0.05) is 63.3 Å². The van der Waals surface area contributed by atoms with Gasteiger partial charge in [-0.15, -0.1) is 0 Å². The maximum Gasteiger partial charge on any atom is 0.246 e. The van der Waals surface area contributed by atoms with Crippen LogP contribution in [-0.4, -0.2) is 64.5 Å². The first kappa shape index (κ1) is 19.7. The monoisotopic (exact) mass is 429 g/mol. The second-order valence-electron chi connectivity index (χ2n) is 8.62. The summed E-state index contributed by atoms with van der Waals surface area (Å²) in [7, 11) is -1.99. The highest BCUT2D eigenvalue weighted by Crippen LogP contribution is 2.56. The average molecular weight is 430 g/mol. The first-order chi connectivity index (χ1) is 14.5. The zero-order valence-electron chi connectivity index (χ0n) is 17.1. The number of sulfonamides is 1. The number of amides is 1. The Morgan fingerprint density at radius 2 is 1.67 bits per heavy atom. The molecule has 5 rings (SSSR count). The summed E-state index contributed by atoms with van der Waals surface area (Å²) in [5, 5.41) is 4.38. The van der Waals surface area contributed by atoms with E-state index in [1.165, 1.54) is 34.7 Å². The van der Waals surface area contributed by atoms with E-state index in [4.69, 9.17) is 0 Å². The fourth-order valence-corrected chi connectivity index (χ4v) is 6.83. The SMILES string of the molecule is Cn1cc(S(=O)(=O)N2CCN(C(=O)C3[C@H]4CCCC[C@@H]34)CC2)c(-c2ccncc2)n1. The Balaban J connectivity index is 1.30. The van der Waals surface area contributed by atoms with Crippen molar-refractivity contribution in [2.24, 2.45) is 24.8 Å². The normalized spacial score (nSPS) is 27.0. The summed E-state index contributed by atoms with van der Waals surface area (Å²) in [4.78, 5) is 19.0. The summed E-state index contributed by atoms with van der Waals surface area (Å²) >= 11 is 0. The number of nitrogens with zero attached hydrogens (tertiary/aromatic N) is 5. The van der Waals surface area contributed by atoms with E-state index in [1.807, 2.05) is 4.90 Å². The van der Waals surface area contributed by atoms with Gasteiger partial charge in [-0.1, -0.05) is 12.8 Å². The maximum atomic E-state index is 13.4. The molecule has 2 aliphatic carbocycles. The van der Waals surface area contributed by atoms with Crippen molar-refractivity contribution < 1.29 is 13.2 Å². The molecule has 1 unspecified atom stereocenters. The van der Waals surface area contributed by atoms with E-state index in [0.717, 1.165) is 0 Å². The van der Waals surface area contributed by atoms with Crippen LogP contribution in [0.2, 0.25) is 0 Å². The predicted molar refractivity (Wildman–Crippen MR) is 111 cm³/mol. The molecule has 30 heavy (non-hydrogen) atoms. The fraction of sp³-hybridized carbons (Fsp3) is 0.571. The first-order valence-electron chi connectivity index (χ1n) is 10.7. The number of pyridine rings is 1. The van der Waals surface area contributed by atoms with Gasteiger partial charge >= 0.3 is 0 Å². The maximum absolute atomic E-state index is 13.4. The van der Waals surface area contributed by atoms with Crippen LogP contribution in [0.5, 0.6) is 0 Å². The zero-order valence-corrected chi connectivity index (χ0v) is 18.0. The largest absolute Gasteiger partial charge is 0.340 e. The summed E-state index contributed by atoms with van der Waals surface area (Å²) < 4.78 is 29.8. The summed E-state index contributed by atoms with van der Waals surface area (Å²) in [5.41, 5.74) is 1.15. The number of hydrogen-bond donors (Lipinski definition) is 0. The standard InChI is InChI=1S/C21H27N5O3S/c1-24-14-18(20(23-24)15-6-8-22-9-7-15)30(28,29)26-12-10-25(11-13-26)21(27)19-16-4-2-3-5-17(16)19/h6-9,14,16-17,19H,2-5,10-13H2,1H3/t16-,17+,19?. The van der Waals surface area contributed by atoms with Crippen LogP contribution in [-0.2, 0) is 21.9 Å². The van der Waals surface area contributed by atoms with Gasteiger partial charge in [-0.2, -0.15) is 9.40 Å². The minimum absolute atomic E-state index is 0.187. The molecule has 1 saturated heterocycles. The topological polar surface area (TPSA) is 88.4 Å². The third-order valence-electron chi connectivity index (χ3n) is 6.86. The lowest BCUT2D eigenvalue weighted by Crippen LogP contribution is -2.51. The van der Waals surface area contributed by atoms with Crippen molar-refractivity contribution in [1.29, 1.82) is 0 Å². The third-order valence-corrected chi connectivity index (χ3v) is 8.76. The molecule has 8 nitrogen and oxygen atoms in total. The van der Waals surface area contributed by atoms with E-state index in [2.05, 4.69) is 10.1 Å². The molecule has 0 radical (unpaired) electrons.